The second kappa shape index (κ2) is 7.51. The molecule has 0 saturated carbocycles. The number of nitrogens with one attached hydrogen (secondary N) is 3. The molecule has 1 aromatic carbocycles. The van der Waals surface area contributed by atoms with E-state index < -0.39 is 5.54 Å². The van der Waals surface area contributed by atoms with Crippen molar-refractivity contribution in [3.8, 4) is 0 Å². The first kappa shape index (κ1) is 17.2. The summed E-state index contributed by atoms with van der Waals surface area (Å²) >= 11 is 0. The molecule has 2 aromatic rings. The summed E-state index contributed by atoms with van der Waals surface area (Å²) in [6, 6.07) is 9.84. The lowest BCUT2D eigenvalue weighted by Crippen LogP contribution is -2.59. The van der Waals surface area contributed by atoms with E-state index in [0.29, 0.717) is 25.8 Å². The second-order valence-electron chi connectivity index (χ2n) is 6.70. The van der Waals surface area contributed by atoms with Gasteiger partial charge in [-0.05, 0) is 25.3 Å². The molecule has 1 aromatic heterocycles. The van der Waals surface area contributed by atoms with Gasteiger partial charge in [-0.2, -0.15) is 5.10 Å². The van der Waals surface area contributed by atoms with Crippen molar-refractivity contribution in [3.05, 3.63) is 53.3 Å². The number of aryl methyl sites for hydroxylation is 1. The van der Waals surface area contributed by atoms with Crippen LogP contribution in [-0.4, -0.2) is 27.6 Å². The van der Waals surface area contributed by atoms with Gasteiger partial charge in [-0.1, -0.05) is 36.8 Å². The predicted molar refractivity (Wildman–Crippen MR) is 94.7 cm³/mol. The van der Waals surface area contributed by atoms with E-state index in [2.05, 4.69) is 20.8 Å². The van der Waals surface area contributed by atoms with E-state index in [1.165, 1.54) is 0 Å². The average Bonchev–Trinajstić information content (AvgIpc) is 2.92. The van der Waals surface area contributed by atoms with Crippen LogP contribution in [0.3, 0.4) is 0 Å². The molecule has 0 bridgehead atoms. The van der Waals surface area contributed by atoms with Gasteiger partial charge in [0.15, 0.2) is 0 Å². The van der Waals surface area contributed by atoms with Gasteiger partial charge in [-0.25, -0.2) is 0 Å². The van der Waals surface area contributed by atoms with Gasteiger partial charge in [0.1, 0.15) is 5.54 Å². The van der Waals surface area contributed by atoms with Crippen LogP contribution < -0.4 is 10.6 Å². The lowest BCUT2D eigenvalue weighted by atomic mass is 9.85. The maximum atomic E-state index is 13.1. The number of rotatable bonds is 5. The third kappa shape index (κ3) is 4.07. The number of benzene rings is 1. The summed E-state index contributed by atoms with van der Waals surface area (Å²) in [6.45, 7) is 2.31. The van der Waals surface area contributed by atoms with Crippen LogP contribution in [0.2, 0.25) is 0 Å². The molecule has 2 amide bonds. The molecule has 1 aliphatic rings. The number of nitrogens with zero attached hydrogens (tertiary/aromatic N) is 1. The maximum absolute atomic E-state index is 13.1. The van der Waals surface area contributed by atoms with Gasteiger partial charge in [0, 0.05) is 30.6 Å². The van der Waals surface area contributed by atoms with Crippen LogP contribution in [0.5, 0.6) is 0 Å². The van der Waals surface area contributed by atoms with Crippen LogP contribution in [0.4, 0.5) is 0 Å². The standard InChI is InChI=1S/C19H24N4O2/c1-14-16(13-21-23-14)12-20-18(25)19(10-6-5-9-17(24)22-19)11-15-7-3-2-4-8-15/h2-4,7-8,13H,5-6,9-12H2,1H3,(H,20,25)(H,21,23)(H,22,24). The molecule has 1 aliphatic heterocycles. The van der Waals surface area contributed by atoms with Gasteiger partial charge >= 0.3 is 0 Å². The van der Waals surface area contributed by atoms with Crippen molar-refractivity contribution >= 4 is 11.8 Å². The molecule has 3 rings (SSSR count). The largest absolute Gasteiger partial charge is 0.350 e. The number of carbonyl (C=O) groups excluding carboxylic acids is 2. The number of aromatic amines is 1. The summed E-state index contributed by atoms with van der Waals surface area (Å²) in [5.41, 5.74) is 2.02. The zero-order valence-corrected chi connectivity index (χ0v) is 14.5. The Hall–Kier alpha value is -2.63. The van der Waals surface area contributed by atoms with Gasteiger partial charge in [0.2, 0.25) is 11.8 Å². The van der Waals surface area contributed by atoms with Gasteiger partial charge < -0.3 is 10.6 Å². The molecule has 2 heterocycles. The lowest BCUT2D eigenvalue weighted by Gasteiger charge is -2.32. The van der Waals surface area contributed by atoms with Gasteiger partial charge in [-0.15, -0.1) is 0 Å². The van der Waals surface area contributed by atoms with E-state index >= 15 is 0 Å². The summed E-state index contributed by atoms with van der Waals surface area (Å²) in [6.07, 6.45) is 5.00. The van der Waals surface area contributed by atoms with E-state index in [1.54, 1.807) is 6.20 Å². The molecular formula is C19H24N4O2. The highest BCUT2D eigenvalue weighted by atomic mass is 16.2. The Morgan fingerprint density at radius 1 is 1.28 bits per heavy atom. The highest BCUT2D eigenvalue weighted by Gasteiger charge is 2.40. The Kier molecular flexibility index (Phi) is 5.16. The number of amides is 2. The van der Waals surface area contributed by atoms with Crippen molar-refractivity contribution in [2.45, 2.75) is 51.1 Å². The number of carbonyl (C=O) groups is 2. The van der Waals surface area contributed by atoms with Crippen LogP contribution in [0.25, 0.3) is 0 Å². The molecule has 6 heteroatoms. The van der Waals surface area contributed by atoms with E-state index in [0.717, 1.165) is 29.7 Å². The van der Waals surface area contributed by atoms with Gasteiger partial charge in [-0.3, -0.25) is 14.7 Å². The van der Waals surface area contributed by atoms with E-state index in [1.807, 2.05) is 37.3 Å². The number of H-pyrrole nitrogens is 1. The molecule has 0 radical (unpaired) electrons. The summed E-state index contributed by atoms with van der Waals surface area (Å²) < 4.78 is 0. The average molecular weight is 340 g/mol. The SMILES string of the molecule is Cc1[nH]ncc1CNC(=O)C1(Cc2ccccc2)CCCCC(=O)N1. The highest BCUT2D eigenvalue weighted by molar-refractivity contribution is 5.92. The molecule has 3 N–H and O–H groups in total. The monoisotopic (exact) mass is 340 g/mol. The second-order valence-corrected chi connectivity index (χ2v) is 6.70. The fraction of sp³-hybridized carbons (Fsp3) is 0.421. The Morgan fingerprint density at radius 3 is 2.80 bits per heavy atom. The summed E-state index contributed by atoms with van der Waals surface area (Å²) in [5, 5.41) is 12.8. The fourth-order valence-electron chi connectivity index (χ4n) is 3.33. The maximum Gasteiger partial charge on any atom is 0.246 e. The van der Waals surface area contributed by atoms with Crippen LogP contribution in [-0.2, 0) is 22.6 Å². The van der Waals surface area contributed by atoms with Gasteiger partial charge in [0.25, 0.3) is 0 Å². The van der Waals surface area contributed by atoms with Crippen molar-refractivity contribution < 1.29 is 9.59 Å². The van der Waals surface area contributed by atoms with Crippen molar-refractivity contribution in [3.63, 3.8) is 0 Å². The van der Waals surface area contributed by atoms with E-state index in [-0.39, 0.29) is 11.8 Å². The van der Waals surface area contributed by atoms with Crippen molar-refractivity contribution in [2.24, 2.45) is 0 Å². The van der Waals surface area contributed by atoms with Gasteiger partial charge in [0.05, 0.1) is 6.20 Å². The summed E-state index contributed by atoms with van der Waals surface area (Å²) in [7, 11) is 0. The zero-order valence-electron chi connectivity index (χ0n) is 14.5. The Morgan fingerprint density at radius 2 is 2.08 bits per heavy atom. The molecule has 1 saturated heterocycles. The van der Waals surface area contributed by atoms with Crippen LogP contribution in [0.1, 0.15) is 42.5 Å². The minimum absolute atomic E-state index is 0.0527. The molecular weight excluding hydrogens is 316 g/mol. The van der Waals surface area contributed by atoms with Crippen molar-refractivity contribution in [2.75, 3.05) is 0 Å². The molecule has 1 unspecified atom stereocenters. The first-order valence-corrected chi connectivity index (χ1v) is 8.71. The molecule has 0 spiro atoms. The molecule has 132 valence electrons. The topological polar surface area (TPSA) is 86.9 Å². The molecule has 1 atom stereocenters. The third-order valence-electron chi connectivity index (χ3n) is 4.79. The normalized spacial score (nSPS) is 20.6. The van der Waals surface area contributed by atoms with Crippen molar-refractivity contribution in [1.82, 2.24) is 20.8 Å². The van der Waals surface area contributed by atoms with Crippen LogP contribution in [0.15, 0.2) is 36.5 Å². The molecule has 6 nitrogen and oxygen atoms in total. The van der Waals surface area contributed by atoms with Crippen molar-refractivity contribution in [1.29, 1.82) is 0 Å². The summed E-state index contributed by atoms with van der Waals surface area (Å²) in [5.74, 6) is -0.185. The smallest absolute Gasteiger partial charge is 0.246 e. The quantitative estimate of drug-likeness (QED) is 0.778. The summed E-state index contributed by atoms with van der Waals surface area (Å²) in [4.78, 5) is 25.2. The van der Waals surface area contributed by atoms with Crippen LogP contribution >= 0.6 is 0 Å². The minimum atomic E-state index is -0.896. The van der Waals surface area contributed by atoms with E-state index in [9.17, 15) is 9.59 Å². The number of aromatic nitrogens is 2. The molecule has 0 aliphatic carbocycles. The number of hydrogen-bond donors (Lipinski definition) is 3. The lowest BCUT2D eigenvalue weighted by molar-refractivity contribution is -0.133. The predicted octanol–water partition coefficient (Wildman–Crippen LogP) is 2.01. The minimum Gasteiger partial charge on any atom is -0.350 e. The molecule has 25 heavy (non-hydrogen) atoms. The number of hydrogen-bond acceptors (Lipinski definition) is 3. The van der Waals surface area contributed by atoms with Crippen LogP contribution in [0, 0.1) is 6.92 Å². The molecule has 1 fully saturated rings. The Labute approximate surface area is 147 Å². The fourth-order valence-corrected chi connectivity index (χ4v) is 3.33. The van der Waals surface area contributed by atoms with E-state index in [4.69, 9.17) is 0 Å². The highest BCUT2D eigenvalue weighted by Crippen LogP contribution is 2.25. The third-order valence-corrected chi connectivity index (χ3v) is 4.79. The zero-order chi connectivity index (χ0) is 17.7. The Bertz CT molecular complexity index is 741. The first-order valence-electron chi connectivity index (χ1n) is 8.71. The Balaban J connectivity index is 1.80. The first-order chi connectivity index (χ1) is 12.1.